The van der Waals surface area contributed by atoms with Gasteiger partial charge in [0.1, 0.15) is 11.5 Å². The molecule has 7 nitrogen and oxygen atoms in total. The van der Waals surface area contributed by atoms with Crippen LogP contribution in [-0.2, 0) is 11.3 Å². The van der Waals surface area contributed by atoms with Crippen LogP contribution in [-0.4, -0.2) is 43.1 Å². The second kappa shape index (κ2) is 10.4. The Kier molecular flexibility index (Phi) is 7.33. The van der Waals surface area contributed by atoms with Gasteiger partial charge in [0.25, 0.3) is 5.91 Å². The Bertz CT molecular complexity index is 823. The number of ether oxygens (including phenoxy) is 2. The van der Waals surface area contributed by atoms with Crippen LogP contribution in [0.2, 0.25) is 0 Å². The Morgan fingerprint density at radius 1 is 1.17 bits per heavy atom. The molecule has 3 rings (SSSR count). The smallest absolute Gasteiger partial charge is 0.319 e. The summed E-state index contributed by atoms with van der Waals surface area (Å²) < 4.78 is 11.1. The number of amides is 3. The van der Waals surface area contributed by atoms with Gasteiger partial charge >= 0.3 is 6.03 Å². The molecule has 7 heteroatoms. The summed E-state index contributed by atoms with van der Waals surface area (Å²) in [4.78, 5) is 26.0. The van der Waals surface area contributed by atoms with Gasteiger partial charge in [-0.3, -0.25) is 4.79 Å². The molecule has 0 saturated carbocycles. The number of fused-ring (bicyclic) bond motifs is 1. The second-order valence-corrected chi connectivity index (χ2v) is 6.82. The Labute approximate surface area is 171 Å². The molecule has 154 valence electrons. The molecule has 0 radical (unpaired) electrons. The van der Waals surface area contributed by atoms with E-state index < -0.39 is 0 Å². The molecule has 0 aromatic heterocycles. The summed E-state index contributed by atoms with van der Waals surface area (Å²) in [6, 6.07) is 14.5. The van der Waals surface area contributed by atoms with Gasteiger partial charge in [-0.1, -0.05) is 31.5 Å². The van der Waals surface area contributed by atoms with E-state index in [0.717, 1.165) is 29.9 Å². The minimum absolute atomic E-state index is 0.00981. The average Bonchev–Trinajstić information content (AvgIpc) is 2.89. The van der Waals surface area contributed by atoms with Crippen molar-refractivity contribution in [3.63, 3.8) is 0 Å². The topological polar surface area (TPSA) is 79.9 Å². The van der Waals surface area contributed by atoms with Gasteiger partial charge in [0.05, 0.1) is 6.61 Å². The number of nitrogens with one attached hydrogen (secondary N) is 2. The van der Waals surface area contributed by atoms with Crippen LogP contribution < -0.4 is 20.1 Å². The maximum atomic E-state index is 12.2. The van der Waals surface area contributed by atoms with Crippen molar-refractivity contribution in [2.45, 2.75) is 26.3 Å². The van der Waals surface area contributed by atoms with E-state index in [9.17, 15) is 9.59 Å². The minimum atomic E-state index is -0.316. The van der Waals surface area contributed by atoms with Crippen molar-refractivity contribution < 1.29 is 19.1 Å². The maximum Gasteiger partial charge on any atom is 0.319 e. The minimum Gasteiger partial charge on any atom is -0.494 e. The number of benzene rings is 2. The SMILES string of the molecule is CCCCOc1ccc(NC(=O)NCCN2Cc3ccccc3OCC2=O)cc1. The van der Waals surface area contributed by atoms with E-state index in [1.807, 2.05) is 36.4 Å². The van der Waals surface area contributed by atoms with Gasteiger partial charge in [-0.05, 0) is 36.8 Å². The van der Waals surface area contributed by atoms with Crippen LogP contribution in [0.25, 0.3) is 0 Å². The molecule has 1 heterocycles. The summed E-state index contributed by atoms with van der Waals surface area (Å²) in [6.45, 7) is 4.04. The zero-order valence-corrected chi connectivity index (χ0v) is 16.6. The molecule has 0 spiro atoms. The Morgan fingerprint density at radius 3 is 2.76 bits per heavy atom. The lowest BCUT2D eigenvalue weighted by Crippen LogP contribution is -2.40. The third-order valence-corrected chi connectivity index (χ3v) is 4.58. The molecule has 0 saturated heterocycles. The molecule has 2 aromatic rings. The van der Waals surface area contributed by atoms with E-state index in [-0.39, 0.29) is 18.5 Å². The molecule has 3 amide bonds. The molecule has 1 aliphatic heterocycles. The number of hydrogen-bond acceptors (Lipinski definition) is 4. The number of carbonyl (C=O) groups is 2. The summed E-state index contributed by atoms with van der Waals surface area (Å²) in [5.41, 5.74) is 1.64. The first kappa shape index (κ1) is 20.5. The van der Waals surface area contributed by atoms with Crippen LogP contribution in [0.1, 0.15) is 25.3 Å². The van der Waals surface area contributed by atoms with E-state index in [0.29, 0.717) is 31.9 Å². The van der Waals surface area contributed by atoms with Crippen molar-refractivity contribution in [2.24, 2.45) is 0 Å². The van der Waals surface area contributed by atoms with E-state index in [2.05, 4.69) is 17.6 Å². The Balaban J connectivity index is 1.43. The van der Waals surface area contributed by atoms with Gasteiger partial charge in [-0.2, -0.15) is 0 Å². The zero-order chi connectivity index (χ0) is 20.5. The third-order valence-electron chi connectivity index (χ3n) is 4.58. The standard InChI is InChI=1S/C22H27N3O4/c1-2-3-14-28-19-10-8-18(9-11-19)24-22(27)23-12-13-25-15-17-6-4-5-7-20(17)29-16-21(25)26/h4-11H,2-3,12-16H2,1H3,(H2,23,24,27). The van der Waals surface area contributed by atoms with E-state index in [4.69, 9.17) is 9.47 Å². The van der Waals surface area contributed by atoms with Crippen molar-refractivity contribution in [1.29, 1.82) is 0 Å². The monoisotopic (exact) mass is 397 g/mol. The van der Waals surface area contributed by atoms with Gasteiger partial charge in [-0.15, -0.1) is 0 Å². The molecule has 29 heavy (non-hydrogen) atoms. The average molecular weight is 397 g/mol. The normalized spacial score (nSPS) is 13.1. The van der Waals surface area contributed by atoms with Crippen molar-refractivity contribution in [3.8, 4) is 11.5 Å². The number of rotatable bonds is 8. The maximum absolute atomic E-state index is 12.2. The first-order valence-electron chi connectivity index (χ1n) is 9.92. The van der Waals surface area contributed by atoms with E-state index in [1.165, 1.54) is 0 Å². The number of unbranched alkanes of at least 4 members (excludes halogenated alkanes) is 1. The fourth-order valence-electron chi connectivity index (χ4n) is 2.95. The van der Waals surface area contributed by atoms with Gasteiger partial charge < -0.3 is 25.0 Å². The van der Waals surface area contributed by atoms with Crippen LogP contribution in [0.15, 0.2) is 48.5 Å². The molecular weight excluding hydrogens is 370 g/mol. The molecule has 0 unspecified atom stereocenters. The zero-order valence-electron chi connectivity index (χ0n) is 16.6. The largest absolute Gasteiger partial charge is 0.494 e. The van der Waals surface area contributed by atoms with Gasteiger partial charge in [0.2, 0.25) is 0 Å². The van der Waals surface area contributed by atoms with Gasteiger partial charge in [0.15, 0.2) is 6.61 Å². The summed E-state index contributed by atoms with van der Waals surface area (Å²) >= 11 is 0. The number of urea groups is 1. The highest BCUT2D eigenvalue weighted by atomic mass is 16.5. The lowest BCUT2D eigenvalue weighted by atomic mass is 10.2. The lowest BCUT2D eigenvalue weighted by molar-refractivity contribution is -0.133. The van der Waals surface area contributed by atoms with Crippen LogP contribution in [0.5, 0.6) is 11.5 Å². The Hall–Kier alpha value is -3.22. The molecule has 2 N–H and O–H groups in total. The summed E-state index contributed by atoms with van der Waals surface area (Å²) in [5, 5.41) is 5.56. The molecule has 0 atom stereocenters. The predicted octanol–water partition coefficient (Wildman–Crippen LogP) is 3.41. The molecule has 0 fully saturated rings. The van der Waals surface area contributed by atoms with Crippen molar-refractivity contribution in [2.75, 3.05) is 31.6 Å². The molecule has 1 aliphatic rings. The summed E-state index contributed by atoms with van der Waals surface area (Å²) in [7, 11) is 0. The van der Waals surface area contributed by atoms with Crippen molar-refractivity contribution >= 4 is 17.6 Å². The van der Waals surface area contributed by atoms with Crippen LogP contribution in [0, 0.1) is 0 Å². The number of anilines is 1. The van der Waals surface area contributed by atoms with E-state index >= 15 is 0 Å². The lowest BCUT2D eigenvalue weighted by Gasteiger charge is -2.20. The van der Waals surface area contributed by atoms with Crippen LogP contribution in [0.4, 0.5) is 10.5 Å². The third kappa shape index (κ3) is 6.14. The van der Waals surface area contributed by atoms with E-state index in [1.54, 1.807) is 17.0 Å². The van der Waals surface area contributed by atoms with Crippen molar-refractivity contribution in [3.05, 3.63) is 54.1 Å². The predicted molar refractivity (Wildman–Crippen MR) is 111 cm³/mol. The second-order valence-electron chi connectivity index (χ2n) is 6.82. The highest BCUT2D eigenvalue weighted by Crippen LogP contribution is 2.22. The van der Waals surface area contributed by atoms with Crippen LogP contribution in [0.3, 0.4) is 0 Å². The van der Waals surface area contributed by atoms with Crippen molar-refractivity contribution in [1.82, 2.24) is 10.2 Å². The highest BCUT2D eigenvalue weighted by Gasteiger charge is 2.20. The fraction of sp³-hybridized carbons (Fsp3) is 0.364. The summed E-state index contributed by atoms with van der Waals surface area (Å²) in [5.74, 6) is 1.42. The fourth-order valence-corrected chi connectivity index (χ4v) is 2.95. The quantitative estimate of drug-likeness (QED) is 0.669. The number of nitrogens with zero attached hydrogens (tertiary/aromatic N) is 1. The van der Waals surface area contributed by atoms with Gasteiger partial charge in [0, 0.05) is 30.9 Å². The number of para-hydroxylation sites is 1. The number of hydrogen-bond donors (Lipinski definition) is 2. The molecule has 0 aliphatic carbocycles. The van der Waals surface area contributed by atoms with Gasteiger partial charge in [-0.25, -0.2) is 4.79 Å². The first-order valence-corrected chi connectivity index (χ1v) is 9.92. The Morgan fingerprint density at radius 2 is 1.97 bits per heavy atom. The summed E-state index contributed by atoms with van der Waals surface area (Å²) in [6.07, 6.45) is 2.10. The molecule has 2 aromatic carbocycles. The molecule has 0 bridgehead atoms. The first-order chi connectivity index (χ1) is 14.2. The highest BCUT2D eigenvalue weighted by molar-refractivity contribution is 5.89. The van der Waals surface area contributed by atoms with Crippen LogP contribution >= 0.6 is 0 Å². The molecular formula is C22H27N3O4. The number of carbonyl (C=O) groups excluding carboxylic acids is 2.